The molecule has 3 aliphatic heterocycles. The fourth-order valence-electron chi connectivity index (χ4n) is 17.4. The van der Waals surface area contributed by atoms with Gasteiger partial charge in [-0.15, -0.1) is 0 Å². The molecule has 14 nitrogen and oxygen atoms in total. The number of benzene rings is 4. The average molecular weight is 1030 g/mol. The van der Waals surface area contributed by atoms with Gasteiger partial charge in [-0.05, 0) is 127 Å². The molecule has 0 aromatic heterocycles. The van der Waals surface area contributed by atoms with Crippen LogP contribution in [0.1, 0.15) is 140 Å². The van der Waals surface area contributed by atoms with Crippen molar-refractivity contribution < 1.29 is 53.7 Å². The van der Waals surface area contributed by atoms with Gasteiger partial charge >= 0.3 is 0 Å². The molecule has 13 rings (SSSR count). The molecule has 76 heavy (non-hydrogen) atoms. The fraction of sp³-hybridized carbons (Fsp3) is 0.516. The number of fused-ring (bicyclic) bond motifs is 2. The zero-order chi connectivity index (χ0) is 52.3. The van der Waals surface area contributed by atoms with Crippen LogP contribution in [0.25, 0.3) is 17.2 Å². The topological polar surface area (TPSA) is 189 Å². The number of amides is 2. The Balaban J connectivity index is 0.881. The normalized spacial score (nSPS) is 28.0. The molecule has 3 heterocycles. The maximum absolute atomic E-state index is 14.1. The van der Waals surface area contributed by atoms with Gasteiger partial charge < -0.3 is 49.4 Å². The summed E-state index contributed by atoms with van der Waals surface area (Å²) in [5.74, 6) is 0.447. The van der Waals surface area contributed by atoms with Crippen molar-refractivity contribution in [2.45, 2.75) is 126 Å². The number of methoxy groups -OCH3 is 2. The minimum absolute atomic E-state index is 0.0405. The van der Waals surface area contributed by atoms with E-state index in [1.54, 1.807) is 24.1 Å². The molecular formula is C62H71N3O11. The second kappa shape index (κ2) is 18.8. The second-order valence-corrected chi connectivity index (χ2v) is 23.3. The molecule has 1 spiro atoms. The molecule has 0 radical (unpaired) electrons. The Hall–Kier alpha value is -6.06. The zero-order valence-corrected chi connectivity index (χ0v) is 43.9. The average Bonchev–Trinajstić information content (AvgIpc) is 4.19. The first kappa shape index (κ1) is 49.5. The molecule has 4 aromatic carbocycles. The third-order valence-corrected chi connectivity index (χ3v) is 20.1. The first-order valence-electron chi connectivity index (χ1n) is 28.1. The third-order valence-electron chi connectivity index (χ3n) is 20.1. The van der Waals surface area contributed by atoms with E-state index in [1.165, 1.54) is 30.4 Å². The van der Waals surface area contributed by atoms with E-state index in [1.807, 2.05) is 19.1 Å². The largest absolute Gasteiger partial charge is 0.502 e. The van der Waals surface area contributed by atoms with Gasteiger partial charge in [0.05, 0.1) is 51.2 Å². The van der Waals surface area contributed by atoms with E-state index in [2.05, 4.69) is 41.0 Å². The summed E-state index contributed by atoms with van der Waals surface area (Å²) in [6.45, 7) is 2.95. The van der Waals surface area contributed by atoms with Gasteiger partial charge in [-0.1, -0.05) is 69.4 Å². The number of nitrogens with one attached hydrogen (secondary N) is 2. The van der Waals surface area contributed by atoms with E-state index in [0.717, 1.165) is 105 Å². The monoisotopic (exact) mass is 1030 g/mol. The molecule has 2 amide bonds. The summed E-state index contributed by atoms with van der Waals surface area (Å²) in [5, 5.41) is 55.0. The highest BCUT2D eigenvalue weighted by molar-refractivity contribution is 6.13. The highest BCUT2D eigenvalue weighted by Crippen LogP contribution is 2.72. The molecule has 0 saturated heterocycles. The number of aryl methyl sites for hydroxylation is 1. The number of imide groups is 1. The summed E-state index contributed by atoms with van der Waals surface area (Å²) in [7, 11) is 3.14. The number of anilines is 1. The number of hydrogen-bond acceptors (Lipinski definition) is 13. The first-order valence-corrected chi connectivity index (χ1v) is 28.1. The molecule has 4 aromatic rings. The first-order chi connectivity index (χ1) is 37.0. The number of allylic oxidation sites excluding steroid dienone is 1. The van der Waals surface area contributed by atoms with Crippen molar-refractivity contribution in [3.8, 4) is 45.6 Å². The lowest BCUT2D eigenvalue weighted by molar-refractivity contribution is -0.173. The standard InChI is InChI=1S/C62H71N3O11/c1-4-63-33-76-46-28-44(72-2)39-16-17-40-51-43(64-59(71)54(46)53(39)51)27-45-52(40)56(69)41(32-75-45)36-25-47(73-3)57(70)48(26-36)74-31-38(30-66)62-37-15-13-34-11-10-12-35(55(34)62)14-18-42(62)58(60(29-37)21-8-9-22-60)61(23-6-5-7-24-61)65-49(67)19-20-50(65)68/h10-12,14,18-20,25-28,37-38,41-42,56,58-59,63-64,66,69-71H,4-9,13,15-17,21-24,29-33H2,1-3H3/t37-,38-,41-,42-,56-,58-,59+,62+/m0/s1. The van der Waals surface area contributed by atoms with Crippen molar-refractivity contribution in [2.24, 2.45) is 29.1 Å². The number of rotatable bonds is 14. The molecule has 9 aliphatic rings. The van der Waals surface area contributed by atoms with Crippen LogP contribution < -0.4 is 34.3 Å². The van der Waals surface area contributed by atoms with Crippen LogP contribution in [0.15, 0.2) is 60.7 Å². The summed E-state index contributed by atoms with van der Waals surface area (Å²) >= 11 is 0. The van der Waals surface area contributed by atoms with Gasteiger partial charge in [-0.25, -0.2) is 0 Å². The number of aliphatic hydroxyl groups is 3. The van der Waals surface area contributed by atoms with Gasteiger partial charge in [0, 0.05) is 69.5 Å². The number of carbonyl (C=O) groups is 2. The Morgan fingerprint density at radius 1 is 0.842 bits per heavy atom. The molecule has 0 bridgehead atoms. The highest BCUT2D eigenvalue weighted by atomic mass is 16.5. The van der Waals surface area contributed by atoms with Gasteiger partial charge in [0.1, 0.15) is 24.0 Å². The highest BCUT2D eigenvalue weighted by Gasteiger charge is 2.70. The Kier molecular flexibility index (Phi) is 12.3. The van der Waals surface area contributed by atoms with Crippen molar-refractivity contribution in [3.63, 3.8) is 0 Å². The lowest BCUT2D eigenvalue weighted by Crippen LogP contribution is -2.70. The quantitative estimate of drug-likeness (QED) is 0.0399. The summed E-state index contributed by atoms with van der Waals surface area (Å²) in [6, 6.07) is 13.8. The Bertz CT molecular complexity index is 3060. The molecule has 0 unspecified atom stereocenters. The lowest BCUT2D eigenvalue weighted by atomic mass is 9.36. The minimum Gasteiger partial charge on any atom is -0.502 e. The molecule has 400 valence electrons. The van der Waals surface area contributed by atoms with E-state index in [9.17, 15) is 30.0 Å². The van der Waals surface area contributed by atoms with Crippen molar-refractivity contribution >= 4 is 23.6 Å². The molecule has 8 atom stereocenters. The number of phenols is 1. The molecule has 6 N–H and O–H groups in total. The van der Waals surface area contributed by atoms with E-state index < -0.39 is 35.1 Å². The van der Waals surface area contributed by atoms with E-state index >= 15 is 0 Å². The van der Waals surface area contributed by atoms with Gasteiger partial charge in [-0.2, -0.15) is 0 Å². The molecular weight excluding hydrogens is 963 g/mol. The van der Waals surface area contributed by atoms with E-state index in [-0.39, 0.29) is 78.8 Å². The molecule has 3 fully saturated rings. The smallest absolute Gasteiger partial charge is 0.254 e. The Morgan fingerprint density at radius 2 is 1.59 bits per heavy atom. The summed E-state index contributed by atoms with van der Waals surface area (Å²) in [6.07, 6.45) is 18.4. The van der Waals surface area contributed by atoms with Gasteiger partial charge in [-0.3, -0.25) is 19.8 Å². The Labute approximate surface area is 444 Å². The van der Waals surface area contributed by atoms with E-state index in [4.69, 9.17) is 23.7 Å². The summed E-state index contributed by atoms with van der Waals surface area (Å²) < 4.78 is 31.6. The Morgan fingerprint density at radius 3 is 2.34 bits per heavy atom. The number of aromatic hydroxyl groups is 1. The minimum atomic E-state index is -1.06. The van der Waals surface area contributed by atoms with Crippen LogP contribution in [0.5, 0.6) is 34.5 Å². The SMILES string of the molecule is CCNCOc1cc(OC)c2c3c1[C@@H](O)Nc1cc4c(c(c1-3)CC2)[C@@H](O)[C@H](c1cc(OC)c(O)c(OC[C@H](CO)[C@]23c5c6cccc5CC[C@H]2CC2(CCCC2)[C@@H](C2(N5C(=O)C=CC5=O)CCCCC2)[C@@H]3C=C6)c1)CO4. The van der Waals surface area contributed by atoms with Crippen LogP contribution in [-0.2, 0) is 34.3 Å². The number of nitrogens with zero attached hydrogens (tertiary/aromatic N) is 1. The number of aliphatic hydroxyl groups excluding tert-OH is 3. The van der Waals surface area contributed by atoms with Crippen LogP contribution in [0, 0.1) is 29.1 Å². The summed E-state index contributed by atoms with van der Waals surface area (Å²) in [5.41, 5.74) is 8.52. The van der Waals surface area contributed by atoms with Crippen molar-refractivity contribution in [1.29, 1.82) is 0 Å². The molecule has 3 saturated carbocycles. The second-order valence-electron chi connectivity index (χ2n) is 23.3. The van der Waals surface area contributed by atoms with Crippen LogP contribution >= 0.6 is 0 Å². The number of ether oxygens (including phenoxy) is 5. The van der Waals surface area contributed by atoms with Crippen molar-refractivity contribution in [1.82, 2.24) is 10.2 Å². The van der Waals surface area contributed by atoms with Gasteiger partial charge in [0.2, 0.25) is 5.75 Å². The van der Waals surface area contributed by atoms with Crippen LogP contribution in [0.2, 0.25) is 0 Å². The molecule has 6 aliphatic carbocycles. The lowest BCUT2D eigenvalue weighted by Gasteiger charge is -2.69. The fourth-order valence-corrected chi connectivity index (χ4v) is 17.4. The van der Waals surface area contributed by atoms with Crippen molar-refractivity contribution in [3.05, 3.63) is 105 Å². The maximum atomic E-state index is 14.1. The summed E-state index contributed by atoms with van der Waals surface area (Å²) in [4.78, 5) is 30.0. The van der Waals surface area contributed by atoms with E-state index in [0.29, 0.717) is 59.0 Å². The maximum Gasteiger partial charge on any atom is 0.254 e. The van der Waals surface area contributed by atoms with Gasteiger partial charge in [0.25, 0.3) is 11.8 Å². The van der Waals surface area contributed by atoms with Gasteiger partial charge in [0.15, 0.2) is 17.7 Å². The zero-order valence-electron chi connectivity index (χ0n) is 43.9. The van der Waals surface area contributed by atoms with Crippen LogP contribution in [-0.4, -0.2) is 90.0 Å². The third kappa shape index (κ3) is 7.11. The molecule has 14 heteroatoms. The number of carbonyl (C=O) groups excluding carboxylic acids is 2. The van der Waals surface area contributed by atoms with Crippen LogP contribution in [0.3, 0.4) is 0 Å². The number of hydrogen-bond donors (Lipinski definition) is 6. The van der Waals surface area contributed by atoms with Crippen LogP contribution in [0.4, 0.5) is 5.69 Å². The predicted molar refractivity (Wildman–Crippen MR) is 286 cm³/mol. The predicted octanol–water partition coefficient (Wildman–Crippen LogP) is 9.09. The van der Waals surface area contributed by atoms with Crippen molar-refractivity contribution in [2.75, 3.05) is 52.6 Å². The number of phenolic OH excluding ortho intramolecular Hbond substituents is 1.